The van der Waals surface area contributed by atoms with Crippen molar-refractivity contribution >= 4 is 30.7 Å². The number of likely N-dealkylation sites (tertiary alicyclic amines) is 1. The summed E-state index contributed by atoms with van der Waals surface area (Å²) in [6.45, 7) is 6.53. The summed E-state index contributed by atoms with van der Waals surface area (Å²) >= 11 is 0. The highest BCUT2D eigenvalue weighted by Crippen LogP contribution is 2.21. The Morgan fingerprint density at radius 2 is 1.85 bits per heavy atom. The summed E-state index contributed by atoms with van der Waals surface area (Å²) in [5.74, 6) is 0.770. The van der Waals surface area contributed by atoms with Crippen molar-refractivity contribution in [2.24, 2.45) is 11.7 Å². The normalized spacial score (nSPS) is 22.0. The van der Waals surface area contributed by atoms with E-state index >= 15 is 0 Å². The molecule has 148 valence electrons. The van der Waals surface area contributed by atoms with E-state index in [4.69, 9.17) is 10.5 Å². The largest absolute Gasteiger partial charge is 0.379 e. The lowest BCUT2D eigenvalue weighted by atomic mass is 9.96. The van der Waals surface area contributed by atoms with E-state index in [-0.39, 0.29) is 36.8 Å². The minimum atomic E-state index is -0.210. The molecule has 0 aliphatic carbocycles. The third-order valence-electron chi connectivity index (χ3n) is 5.11. The fourth-order valence-electron chi connectivity index (χ4n) is 3.72. The zero-order valence-electron chi connectivity index (χ0n) is 15.2. The van der Waals surface area contributed by atoms with Crippen LogP contribution in [0.1, 0.15) is 30.9 Å². The van der Waals surface area contributed by atoms with Gasteiger partial charge >= 0.3 is 0 Å². The van der Waals surface area contributed by atoms with Gasteiger partial charge in [0.15, 0.2) is 0 Å². The van der Waals surface area contributed by atoms with Crippen LogP contribution in [0.4, 0.5) is 0 Å². The number of amides is 1. The van der Waals surface area contributed by atoms with Crippen molar-refractivity contribution in [2.45, 2.75) is 25.3 Å². The molecule has 0 aromatic heterocycles. The number of nitrogens with two attached hydrogens (primary N) is 1. The van der Waals surface area contributed by atoms with Crippen LogP contribution in [0.15, 0.2) is 30.3 Å². The summed E-state index contributed by atoms with van der Waals surface area (Å²) in [6.07, 6.45) is 2.71. The number of rotatable bonds is 5. The molecule has 0 bridgehead atoms. The average Bonchev–Trinajstić information content (AvgIpc) is 2.63. The SMILES string of the molecule is Cl.Cl.NC(CC(=O)N1CCCC(CN2CCOCC2)C1)c1ccccc1. The Morgan fingerprint density at radius 3 is 2.54 bits per heavy atom. The first-order valence-electron chi connectivity index (χ1n) is 9.11. The average molecular weight is 404 g/mol. The zero-order valence-corrected chi connectivity index (χ0v) is 16.9. The standard InChI is InChI=1S/C19H29N3O2.2ClH/c20-18(17-6-2-1-3-7-17)13-19(23)22-8-4-5-16(15-22)14-21-9-11-24-12-10-21;;/h1-3,6-7,16,18H,4-5,8-15,20H2;2*1H. The van der Waals surface area contributed by atoms with Crippen molar-refractivity contribution in [1.82, 2.24) is 9.80 Å². The van der Waals surface area contributed by atoms with Gasteiger partial charge in [-0.2, -0.15) is 0 Å². The Morgan fingerprint density at radius 1 is 1.15 bits per heavy atom. The van der Waals surface area contributed by atoms with Gasteiger partial charge in [0.2, 0.25) is 5.91 Å². The molecule has 0 spiro atoms. The maximum absolute atomic E-state index is 12.6. The molecule has 5 nitrogen and oxygen atoms in total. The topological polar surface area (TPSA) is 58.8 Å². The summed E-state index contributed by atoms with van der Waals surface area (Å²) in [5, 5.41) is 0. The minimum Gasteiger partial charge on any atom is -0.379 e. The van der Waals surface area contributed by atoms with E-state index in [2.05, 4.69) is 4.90 Å². The number of ether oxygens (including phenoxy) is 1. The fourth-order valence-corrected chi connectivity index (χ4v) is 3.72. The van der Waals surface area contributed by atoms with E-state index in [1.807, 2.05) is 35.2 Å². The predicted octanol–water partition coefficient (Wildman–Crippen LogP) is 2.49. The lowest BCUT2D eigenvalue weighted by molar-refractivity contribution is -0.133. The molecule has 7 heteroatoms. The third kappa shape index (κ3) is 6.71. The molecule has 0 saturated carbocycles. The Balaban J connectivity index is 0.00000169. The number of hydrogen-bond acceptors (Lipinski definition) is 4. The molecular formula is C19H31Cl2N3O2. The number of benzene rings is 1. The molecule has 26 heavy (non-hydrogen) atoms. The smallest absolute Gasteiger partial charge is 0.224 e. The number of morpholine rings is 1. The van der Waals surface area contributed by atoms with Gasteiger partial charge in [-0.05, 0) is 24.3 Å². The summed E-state index contributed by atoms with van der Waals surface area (Å²) in [5.41, 5.74) is 7.25. The summed E-state index contributed by atoms with van der Waals surface area (Å²) in [7, 11) is 0. The molecule has 1 amide bonds. The molecule has 2 aliphatic heterocycles. The Bertz CT molecular complexity index is 527. The zero-order chi connectivity index (χ0) is 16.8. The molecule has 2 saturated heterocycles. The summed E-state index contributed by atoms with van der Waals surface area (Å²) in [6, 6.07) is 9.69. The van der Waals surface area contributed by atoms with Crippen LogP contribution in [0.3, 0.4) is 0 Å². The fraction of sp³-hybridized carbons (Fsp3) is 0.632. The lowest BCUT2D eigenvalue weighted by Gasteiger charge is -2.37. The van der Waals surface area contributed by atoms with Gasteiger partial charge in [-0.15, -0.1) is 24.8 Å². The third-order valence-corrected chi connectivity index (χ3v) is 5.11. The summed E-state index contributed by atoms with van der Waals surface area (Å²) in [4.78, 5) is 17.1. The highest BCUT2D eigenvalue weighted by Gasteiger charge is 2.26. The van der Waals surface area contributed by atoms with Crippen LogP contribution in [0, 0.1) is 5.92 Å². The molecular weight excluding hydrogens is 373 g/mol. The molecule has 2 fully saturated rings. The van der Waals surface area contributed by atoms with Gasteiger partial charge in [-0.1, -0.05) is 30.3 Å². The number of nitrogens with zero attached hydrogens (tertiary/aromatic N) is 2. The van der Waals surface area contributed by atoms with Crippen molar-refractivity contribution < 1.29 is 9.53 Å². The highest BCUT2D eigenvalue weighted by atomic mass is 35.5. The molecule has 2 atom stereocenters. The molecule has 3 rings (SSSR count). The van der Waals surface area contributed by atoms with E-state index in [0.717, 1.165) is 57.9 Å². The first-order chi connectivity index (χ1) is 11.7. The van der Waals surface area contributed by atoms with Crippen LogP contribution in [-0.2, 0) is 9.53 Å². The van der Waals surface area contributed by atoms with Gasteiger partial charge < -0.3 is 15.4 Å². The Kier molecular flexibility index (Phi) is 10.5. The quantitative estimate of drug-likeness (QED) is 0.819. The van der Waals surface area contributed by atoms with Gasteiger partial charge in [0.1, 0.15) is 0 Å². The van der Waals surface area contributed by atoms with Crippen molar-refractivity contribution in [2.75, 3.05) is 45.9 Å². The van der Waals surface area contributed by atoms with Gasteiger partial charge in [0.25, 0.3) is 0 Å². The van der Waals surface area contributed by atoms with Crippen molar-refractivity contribution in [3.63, 3.8) is 0 Å². The number of halogens is 2. The Labute approximate surface area is 169 Å². The molecule has 2 aliphatic rings. The second-order valence-electron chi connectivity index (χ2n) is 6.98. The maximum atomic E-state index is 12.6. The van der Waals surface area contributed by atoms with Crippen molar-refractivity contribution in [1.29, 1.82) is 0 Å². The van der Waals surface area contributed by atoms with Gasteiger partial charge in [-0.3, -0.25) is 9.69 Å². The number of carbonyl (C=O) groups excluding carboxylic acids is 1. The van der Waals surface area contributed by atoms with Crippen molar-refractivity contribution in [3.8, 4) is 0 Å². The van der Waals surface area contributed by atoms with Crippen molar-refractivity contribution in [3.05, 3.63) is 35.9 Å². The molecule has 1 aromatic rings. The maximum Gasteiger partial charge on any atom is 0.224 e. The summed E-state index contributed by atoms with van der Waals surface area (Å²) < 4.78 is 5.41. The molecule has 2 N–H and O–H groups in total. The lowest BCUT2D eigenvalue weighted by Crippen LogP contribution is -2.46. The number of piperidine rings is 1. The first-order valence-corrected chi connectivity index (χ1v) is 9.11. The molecule has 0 radical (unpaired) electrons. The molecule has 2 unspecified atom stereocenters. The van der Waals surface area contributed by atoms with E-state index in [0.29, 0.717) is 12.3 Å². The van der Waals surface area contributed by atoms with Crippen LogP contribution in [0.2, 0.25) is 0 Å². The van der Waals surface area contributed by atoms with E-state index in [1.165, 1.54) is 6.42 Å². The van der Waals surface area contributed by atoms with E-state index in [9.17, 15) is 4.79 Å². The predicted molar refractivity (Wildman–Crippen MR) is 109 cm³/mol. The molecule has 2 heterocycles. The highest BCUT2D eigenvalue weighted by molar-refractivity contribution is 5.85. The number of hydrogen-bond donors (Lipinski definition) is 1. The van der Waals surface area contributed by atoms with Gasteiger partial charge in [0.05, 0.1) is 13.2 Å². The second-order valence-corrected chi connectivity index (χ2v) is 6.98. The van der Waals surface area contributed by atoms with Crippen LogP contribution >= 0.6 is 24.8 Å². The monoisotopic (exact) mass is 403 g/mol. The van der Waals surface area contributed by atoms with Crippen LogP contribution in [0.25, 0.3) is 0 Å². The first kappa shape index (κ1) is 23.2. The molecule has 1 aromatic carbocycles. The van der Waals surface area contributed by atoms with Crippen LogP contribution in [0.5, 0.6) is 0 Å². The van der Waals surface area contributed by atoms with Crippen LogP contribution in [-0.4, -0.2) is 61.6 Å². The minimum absolute atomic E-state index is 0. The van der Waals surface area contributed by atoms with Gasteiger partial charge in [-0.25, -0.2) is 0 Å². The number of carbonyl (C=O) groups is 1. The van der Waals surface area contributed by atoms with E-state index in [1.54, 1.807) is 0 Å². The second kappa shape index (κ2) is 11.8. The van der Waals surface area contributed by atoms with Crippen LogP contribution < -0.4 is 5.73 Å². The Hall–Kier alpha value is -0.850. The van der Waals surface area contributed by atoms with Gasteiger partial charge in [0, 0.05) is 45.2 Å². The van der Waals surface area contributed by atoms with E-state index < -0.39 is 0 Å².